The number of aromatic nitrogens is 1. The van der Waals surface area contributed by atoms with Crippen molar-refractivity contribution >= 4 is 56.7 Å². The molecule has 2 aliphatic heterocycles. The van der Waals surface area contributed by atoms with Crippen molar-refractivity contribution in [3.8, 4) is 0 Å². The maximum absolute atomic E-state index is 13.5. The number of aromatic amines is 1. The molecule has 198 valence electrons. The van der Waals surface area contributed by atoms with Gasteiger partial charge in [0.05, 0.1) is 27.0 Å². The van der Waals surface area contributed by atoms with Gasteiger partial charge in [0, 0.05) is 43.7 Å². The highest BCUT2D eigenvalue weighted by Gasteiger charge is 2.30. The summed E-state index contributed by atoms with van der Waals surface area (Å²) in [5, 5.41) is 5.67. The van der Waals surface area contributed by atoms with Gasteiger partial charge < -0.3 is 30.2 Å². The summed E-state index contributed by atoms with van der Waals surface area (Å²) in [4.78, 5) is 46.1. The minimum atomic E-state index is -0.289. The van der Waals surface area contributed by atoms with E-state index >= 15 is 0 Å². The number of aryl methyl sites for hydroxylation is 1. The smallest absolute Gasteiger partial charge is 0.256 e. The molecule has 3 heterocycles. The third kappa shape index (κ3) is 5.51. The number of hydrogen-bond acceptors (Lipinski definition) is 5. The van der Waals surface area contributed by atoms with Crippen LogP contribution < -0.4 is 10.6 Å². The van der Waals surface area contributed by atoms with Crippen LogP contribution in [0.25, 0.3) is 11.6 Å². The number of fused-ring (bicyclic) bond motifs is 2. The molecule has 1 aromatic carbocycles. The van der Waals surface area contributed by atoms with Crippen LogP contribution in [-0.2, 0) is 20.7 Å². The molecule has 3 N–H and O–H groups in total. The van der Waals surface area contributed by atoms with Crippen molar-refractivity contribution in [1.29, 1.82) is 0 Å². The lowest BCUT2D eigenvalue weighted by Crippen LogP contribution is -2.38. The number of carbonyl (C=O) groups is 3. The predicted molar refractivity (Wildman–Crippen MR) is 149 cm³/mol. The van der Waals surface area contributed by atoms with E-state index in [0.717, 1.165) is 67.1 Å². The van der Waals surface area contributed by atoms with E-state index < -0.39 is 0 Å². The van der Waals surface area contributed by atoms with Crippen LogP contribution in [0.4, 0.5) is 11.4 Å². The Balaban J connectivity index is 1.62. The molecule has 0 bridgehead atoms. The molecule has 0 saturated heterocycles. The Morgan fingerprint density at radius 3 is 2.73 bits per heavy atom. The molecule has 0 aliphatic carbocycles. The van der Waals surface area contributed by atoms with E-state index in [4.69, 9.17) is 4.74 Å². The highest BCUT2D eigenvalue weighted by Crippen LogP contribution is 2.42. The SMILES string of the molecule is CCN(CC)CCN1CCCc2[nH]c(/C=C3\C(=O)Nc4c3ccc(NC(=O)COC)c4Br)c(C)c2C1=O. The van der Waals surface area contributed by atoms with Gasteiger partial charge in [0.15, 0.2) is 0 Å². The first-order chi connectivity index (χ1) is 17.8. The van der Waals surface area contributed by atoms with Crippen molar-refractivity contribution in [3.05, 3.63) is 44.7 Å². The molecule has 4 rings (SSSR count). The largest absolute Gasteiger partial charge is 0.375 e. The fourth-order valence-electron chi connectivity index (χ4n) is 4.95. The van der Waals surface area contributed by atoms with Gasteiger partial charge in [0.2, 0.25) is 5.91 Å². The van der Waals surface area contributed by atoms with Crippen LogP contribution in [0.3, 0.4) is 0 Å². The topological polar surface area (TPSA) is 107 Å². The summed E-state index contributed by atoms with van der Waals surface area (Å²) in [6.07, 6.45) is 3.49. The number of nitrogens with zero attached hydrogens (tertiary/aromatic N) is 2. The summed E-state index contributed by atoms with van der Waals surface area (Å²) < 4.78 is 5.46. The summed E-state index contributed by atoms with van der Waals surface area (Å²) in [6, 6.07) is 3.55. The number of halogens is 1. The number of nitrogens with one attached hydrogen (secondary N) is 3. The molecule has 0 fully saturated rings. The van der Waals surface area contributed by atoms with Crippen molar-refractivity contribution in [2.24, 2.45) is 0 Å². The first-order valence-electron chi connectivity index (χ1n) is 12.7. The maximum Gasteiger partial charge on any atom is 0.256 e. The van der Waals surface area contributed by atoms with Gasteiger partial charge in [-0.25, -0.2) is 0 Å². The summed E-state index contributed by atoms with van der Waals surface area (Å²) in [6.45, 7) is 10.4. The molecule has 10 heteroatoms. The second-order valence-electron chi connectivity index (χ2n) is 9.28. The Kier molecular flexibility index (Phi) is 8.51. The number of carbonyl (C=O) groups excluding carboxylic acids is 3. The fourth-order valence-corrected chi connectivity index (χ4v) is 5.49. The Morgan fingerprint density at radius 2 is 2.03 bits per heavy atom. The number of rotatable bonds is 9. The maximum atomic E-state index is 13.5. The minimum absolute atomic E-state index is 0.0496. The zero-order chi connectivity index (χ0) is 26.7. The zero-order valence-corrected chi connectivity index (χ0v) is 23.4. The molecule has 37 heavy (non-hydrogen) atoms. The third-order valence-electron chi connectivity index (χ3n) is 7.06. The molecular formula is C27H34BrN5O4. The van der Waals surface area contributed by atoms with Crippen LogP contribution in [0, 0.1) is 6.92 Å². The van der Waals surface area contributed by atoms with Crippen LogP contribution in [0.1, 0.15) is 53.1 Å². The standard InChI is InChI=1S/C27H34BrN5O4/c1-5-32(6-2)12-13-33-11-7-8-19-23(27(33)36)16(3)21(29-19)14-18-17-9-10-20(30-22(34)15-37-4)24(28)25(17)31-26(18)35/h9-10,14,29H,5-8,11-13,15H2,1-4H3,(H,30,34)(H,31,35)/b18-14-. The number of hydrogen-bond donors (Lipinski definition) is 3. The van der Waals surface area contributed by atoms with Gasteiger partial charge in [-0.2, -0.15) is 0 Å². The average molecular weight is 573 g/mol. The summed E-state index contributed by atoms with van der Waals surface area (Å²) in [5.74, 6) is -0.483. The van der Waals surface area contributed by atoms with Crippen molar-refractivity contribution in [3.63, 3.8) is 0 Å². The molecule has 0 radical (unpaired) electrons. The van der Waals surface area contributed by atoms with Gasteiger partial charge >= 0.3 is 0 Å². The van der Waals surface area contributed by atoms with E-state index in [9.17, 15) is 14.4 Å². The molecule has 0 unspecified atom stereocenters. The molecule has 0 spiro atoms. The zero-order valence-electron chi connectivity index (χ0n) is 21.8. The fraction of sp³-hybridized carbons (Fsp3) is 0.444. The van der Waals surface area contributed by atoms with Gasteiger partial charge in [-0.05, 0) is 72.6 Å². The Morgan fingerprint density at radius 1 is 1.27 bits per heavy atom. The second kappa shape index (κ2) is 11.6. The van der Waals surface area contributed by atoms with Gasteiger partial charge in [-0.1, -0.05) is 13.8 Å². The van der Waals surface area contributed by atoms with Gasteiger partial charge in [0.1, 0.15) is 6.61 Å². The number of likely N-dealkylation sites (N-methyl/N-ethyl adjacent to an activating group) is 1. The van der Waals surface area contributed by atoms with Crippen molar-refractivity contribution in [2.75, 3.05) is 57.1 Å². The molecule has 9 nitrogen and oxygen atoms in total. The first kappa shape index (κ1) is 27.1. The van der Waals surface area contributed by atoms with Gasteiger partial charge in [-0.3, -0.25) is 14.4 Å². The van der Waals surface area contributed by atoms with Gasteiger partial charge in [0.25, 0.3) is 11.8 Å². The quantitative estimate of drug-likeness (QED) is 0.396. The number of amides is 3. The Bertz CT molecular complexity index is 1250. The lowest BCUT2D eigenvalue weighted by molar-refractivity contribution is -0.119. The lowest BCUT2D eigenvalue weighted by atomic mass is 10.0. The molecule has 3 amide bonds. The number of methoxy groups -OCH3 is 1. The Labute approximate surface area is 225 Å². The molecule has 0 saturated carbocycles. The van der Waals surface area contributed by atoms with E-state index in [1.54, 1.807) is 12.1 Å². The molecule has 2 aliphatic rings. The molecular weight excluding hydrogens is 538 g/mol. The van der Waals surface area contributed by atoms with Crippen LogP contribution in [0.15, 0.2) is 16.6 Å². The van der Waals surface area contributed by atoms with Crippen molar-refractivity contribution in [1.82, 2.24) is 14.8 Å². The third-order valence-corrected chi connectivity index (χ3v) is 7.88. The number of H-pyrrole nitrogens is 1. The van der Waals surface area contributed by atoms with Crippen LogP contribution in [0.5, 0.6) is 0 Å². The molecule has 0 atom stereocenters. The highest BCUT2D eigenvalue weighted by atomic mass is 79.9. The van der Waals surface area contributed by atoms with Crippen LogP contribution in [-0.4, -0.2) is 78.9 Å². The van der Waals surface area contributed by atoms with Crippen LogP contribution in [0.2, 0.25) is 0 Å². The molecule has 1 aromatic heterocycles. The van der Waals surface area contributed by atoms with E-state index in [1.165, 1.54) is 7.11 Å². The highest BCUT2D eigenvalue weighted by molar-refractivity contribution is 9.10. The Hall–Kier alpha value is -2.95. The first-order valence-corrected chi connectivity index (χ1v) is 13.5. The van der Waals surface area contributed by atoms with E-state index in [-0.39, 0.29) is 24.3 Å². The summed E-state index contributed by atoms with van der Waals surface area (Å²) >= 11 is 3.51. The number of ether oxygens (including phenoxy) is 1. The van der Waals surface area contributed by atoms with E-state index in [1.807, 2.05) is 17.9 Å². The number of anilines is 2. The summed E-state index contributed by atoms with van der Waals surface area (Å²) in [5.41, 5.74) is 5.61. The summed E-state index contributed by atoms with van der Waals surface area (Å²) in [7, 11) is 1.45. The van der Waals surface area contributed by atoms with Crippen molar-refractivity contribution < 1.29 is 19.1 Å². The van der Waals surface area contributed by atoms with Gasteiger partial charge in [-0.15, -0.1) is 0 Å². The van der Waals surface area contributed by atoms with E-state index in [2.05, 4.69) is 50.3 Å². The van der Waals surface area contributed by atoms with E-state index in [0.29, 0.717) is 28.0 Å². The molecule has 2 aromatic rings. The monoisotopic (exact) mass is 571 g/mol. The number of benzene rings is 1. The van der Waals surface area contributed by atoms with Crippen molar-refractivity contribution in [2.45, 2.75) is 33.6 Å². The van der Waals surface area contributed by atoms with Crippen LogP contribution >= 0.6 is 15.9 Å². The predicted octanol–water partition coefficient (Wildman–Crippen LogP) is 3.89. The lowest BCUT2D eigenvalue weighted by Gasteiger charge is -2.25. The second-order valence-corrected chi connectivity index (χ2v) is 10.1. The minimum Gasteiger partial charge on any atom is -0.375 e. The normalized spacial score (nSPS) is 16.2. The average Bonchev–Trinajstić information content (AvgIpc) is 3.30.